The van der Waals surface area contributed by atoms with Crippen LogP contribution in [0, 0.1) is 11.8 Å². The van der Waals surface area contributed by atoms with Crippen molar-refractivity contribution in [2.45, 2.75) is 0 Å². The summed E-state index contributed by atoms with van der Waals surface area (Å²) in [7, 11) is 0. The SMILES string of the molecule is O=C(Oc1c(-c2ccsc2)c(C#Cc2ccsc2)c(-c2ccccc2)oc1=O)c1ccccc1. The molecule has 0 aliphatic heterocycles. The normalized spacial score (nSPS) is 10.4. The number of benzene rings is 2. The summed E-state index contributed by atoms with van der Waals surface area (Å²) in [6.07, 6.45) is 0. The fourth-order valence-corrected chi connectivity index (χ4v) is 4.64. The van der Waals surface area contributed by atoms with Gasteiger partial charge in [0, 0.05) is 16.5 Å². The van der Waals surface area contributed by atoms with Crippen molar-refractivity contribution >= 4 is 28.6 Å². The van der Waals surface area contributed by atoms with Crippen LogP contribution in [0.2, 0.25) is 0 Å². The Labute approximate surface area is 203 Å². The molecule has 4 nitrogen and oxygen atoms in total. The van der Waals surface area contributed by atoms with E-state index in [2.05, 4.69) is 11.8 Å². The molecule has 0 N–H and O–H groups in total. The van der Waals surface area contributed by atoms with Gasteiger partial charge in [0.05, 0.1) is 16.7 Å². The maximum absolute atomic E-state index is 13.2. The molecule has 0 spiro atoms. The molecule has 164 valence electrons. The molecule has 0 aliphatic carbocycles. The lowest BCUT2D eigenvalue weighted by molar-refractivity contribution is 0.0729. The van der Waals surface area contributed by atoms with Gasteiger partial charge < -0.3 is 9.15 Å². The highest BCUT2D eigenvalue weighted by molar-refractivity contribution is 7.08. The summed E-state index contributed by atoms with van der Waals surface area (Å²) >= 11 is 3.02. The minimum absolute atomic E-state index is 0.179. The Morgan fingerprint density at radius 3 is 2.18 bits per heavy atom. The molecule has 0 fully saturated rings. The molecule has 0 amide bonds. The van der Waals surface area contributed by atoms with Crippen molar-refractivity contribution in [2.24, 2.45) is 0 Å². The quantitative estimate of drug-likeness (QED) is 0.212. The third kappa shape index (κ3) is 4.48. The van der Waals surface area contributed by atoms with E-state index in [-0.39, 0.29) is 5.75 Å². The van der Waals surface area contributed by atoms with Gasteiger partial charge in [-0.05, 0) is 46.0 Å². The van der Waals surface area contributed by atoms with Gasteiger partial charge in [-0.2, -0.15) is 22.7 Å². The number of thiophene rings is 2. The fraction of sp³-hybridized carbons (Fsp3) is 0. The van der Waals surface area contributed by atoms with Gasteiger partial charge >= 0.3 is 11.6 Å². The first-order valence-corrected chi connectivity index (χ1v) is 12.2. The Morgan fingerprint density at radius 1 is 0.794 bits per heavy atom. The van der Waals surface area contributed by atoms with Gasteiger partial charge in [0.1, 0.15) is 0 Å². The van der Waals surface area contributed by atoms with Gasteiger partial charge in [-0.1, -0.05) is 60.4 Å². The van der Waals surface area contributed by atoms with Crippen LogP contribution in [0.25, 0.3) is 22.5 Å². The Bertz CT molecular complexity index is 1540. The Morgan fingerprint density at radius 2 is 1.50 bits per heavy atom. The standard InChI is InChI=1S/C28H16O4S2/c29-27(21-9-5-2-6-10-21)32-26-24(22-14-16-34-18-22)23(12-11-19-13-15-33-17-19)25(31-28(26)30)20-7-3-1-4-8-20/h1-10,13-18H. The number of carbonyl (C=O) groups excluding carboxylic acids is 1. The van der Waals surface area contributed by atoms with Crippen molar-refractivity contribution in [3.8, 4) is 40.0 Å². The van der Waals surface area contributed by atoms with E-state index in [0.29, 0.717) is 28.0 Å². The summed E-state index contributed by atoms with van der Waals surface area (Å²) in [6.45, 7) is 0. The number of hydrogen-bond donors (Lipinski definition) is 0. The fourth-order valence-electron chi connectivity index (χ4n) is 3.40. The molecule has 0 saturated carbocycles. The molecular weight excluding hydrogens is 464 g/mol. The van der Waals surface area contributed by atoms with Crippen LogP contribution in [0.4, 0.5) is 0 Å². The first kappa shape index (κ1) is 21.7. The van der Waals surface area contributed by atoms with E-state index in [1.54, 1.807) is 41.7 Å². The lowest BCUT2D eigenvalue weighted by Gasteiger charge is -2.13. The predicted molar refractivity (Wildman–Crippen MR) is 135 cm³/mol. The summed E-state index contributed by atoms with van der Waals surface area (Å²) < 4.78 is 11.4. The minimum atomic E-state index is -0.745. The molecule has 3 heterocycles. The smallest absolute Gasteiger partial charge is 0.380 e. The van der Waals surface area contributed by atoms with E-state index in [0.717, 1.165) is 11.1 Å². The van der Waals surface area contributed by atoms with E-state index in [1.165, 1.54) is 11.3 Å². The molecule has 0 saturated heterocycles. The average molecular weight is 481 g/mol. The first-order valence-electron chi connectivity index (χ1n) is 10.3. The summed E-state index contributed by atoms with van der Waals surface area (Å²) in [5.41, 5.74) is 2.76. The molecule has 0 atom stereocenters. The van der Waals surface area contributed by atoms with E-state index >= 15 is 0 Å². The van der Waals surface area contributed by atoms with Crippen LogP contribution in [0.5, 0.6) is 5.75 Å². The maximum atomic E-state index is 13.2. The summed E-state index contributed by atoms with van der Waals surface area (Å²) in [4.78, 5) is 26.1. The van der Waals surface area contributed by atoms with Gasteiger partial charge in [0.15, 0.2) is 5.76 Å². The molecule has 34 heavy (non-hydrogen) atoms. The number of ether oxygens (including phenoxy) is 1. The topological polar surface area (TPSA) is 56.5 Å². The van der Waals surface area contributed by atoms with Crippen molar-refractivity contribution in [3.05, 3.63) is 121 Å². The summed E-state index contributed by atoms with van der Waals surface area (Å²) in [5.74, 6) is 5.84. The first-order chi connectivity index (χ1) is 16.7. The number of rotatable bonds is 4. The van der Waals surface area contributed by atoms with Gasteiger partial charge in [-0.25, -0.2) is 9.59 Å². The monoisotopic (exact) mass is 480 g/mol. The second kappa shape index (κ2) is 9.75. The molecule has 2 aromatic carbocycles. The van der Waals surface area contributed by atoms with Gasteiger partial charge in [0.2, 0.25) is 5.75 Å². The van der Waals surface area contributed by atoms with Gasteiger partial charge in [-0.15, -0.1) is 0 Å². The average Bonchev–Trinajstić information content (AvgIpc) is 3.60. The second-order valence-corrected chi connectivity index (χ2v) is 8.75. The molecule has 0 aliphatic rings. The van der Waals surface area contributed by atoms with Crippen molar-refractivity contribution in [1.29, 1.82) is 0 Å². The van der Waals surface area contributed by atoms with Gasteiger partial charge in [0.25, 0.3) is 0 Å². The van der Waals surface area contributed by atoms with Crippen LogP contribution < -0.4 is 10.4 Å². The van der Waals surface area contributed by atoms with Crippen molar-refractivity contribution in [3.63, 3.8) is 0 Å². The van der Waals surface area contributed by atoms with Crippen molar-refractivity contribution < 1.29 is 13.9 Å². The van der Waals surface area contributed by atoms with E-state index in [4.69, 9.17) is 9.15 Å². The van der Waals surface area contributed by atoms with Crippen LogP contribution in [0.3, 0.4) is 0 Å². The number of carbonyl (C=O) groups is 1. The minimum Gasteiger partial charge on any atom is -0.419 e. The van der Waals surface area contributed by atoms with Gasteiger partial charge in [-0.3, -0.25) is 0 Å². The largest absolute Gasteiger partial charge is 0.419 e. The van der Waals surface area contributed by atoms with Crippen LogP contribution in [0.15, 0.2) is 104 Å². The zero-order chi connectivity index (χ0) is 23.3. The highest BCUT2D eigenvalue weighted by Crippen LogP contribution is 2.38. The van der Waals surface area contributed by atoms with Crippen LogP contribution >= 0.6 is 22.7 Å². The van der Waals surface area contributed by atoms with Crippen LogP contribution in [-0.2, 0) is 0 Å². The second-order valence-electron chi connectivity index (χ2n) is 7.19. The summed E-state index contributed by atoms with van der Waals surface area (Å²) in [6, 6.07) is 21.6. The van der Waals surface area contributed by atoms with Crippen LogP contribution in [0.1, 0.15) is 21.5 Å². The lowest BCUT2D eigenvalue weighted by atomic mass is 9.98. The van der Waals surface area contributed by atoms with Crippen molar-refractivity contribution in [2.75, 3.05) is 0 Å². The molecule has 5 aromatic rings. The Kier molecular flexibility index (Phi) is 6.21. The number of esters is 1. The van der Waals surface area contributed by atoms with Crippen LogP contribution in [-0.4, -0.2) is 5.97 Å². The van der Waals surface area contributed by atoms with E-state index in [9.17, 15) is 9.59 Å². The zero-order valence-corrected chi connectivity index (χ0v) is 19.3. The maximum Gasteiger partial charge on any atom is 0.380 e. The Hall–Kier alpha value is -4.18. The molecule has 5 rings (SSSR count). The third-order valence-corrected chi connectivity index (χ3v) is 6.35. The van der Waals surface area contributed by atoms with Crippen molar-refractivity contribution in [1.82, 2.24) is 0 Å². The lowest BCUT2D eigenvalue weighted by Crippen LogP contribution is -2.17. The molecular formula is C28H16O4S2. The molecule has 0 bridgehead atoms. The number of hydrogen-bond acceptors (Lipinski definition) is 6. The predicted octanol–water partition coefficient (Wildman–Crippen LogP) is 6.72. The molecule has 0 unspecified atom stereocenters. The molecule has 6 heteroatoms. The van der Waals surface area contributed by atoms with E-state index in [1.807, 2.05) is 64.0 Å². The van der Waals surface area contributed by atoms with E-state index < -0.39 is 11.6 Å². The highest BCUT2D eigenvalue weighted by Gasteiger charge is 2.25. The molecule has 3 aromatic heterocycles. The Balaban J connectivity index is 1.76. The summed E-state index contributed by atoms with van der Waals surface area (Å²) in [5, 5.41) is 7.67. The highest BCUT2D eigenvalue weighted by atomic mass is 32.1. The molecule has 0 radical (unpaired) electrons. The zero-order valence-electron chi connectivity index (χ0n) is 17.7. The third-order valence-electron chi connectivity index (χ3n) is 4.99.